The molecule has 0 fully saturated rings. The number of nitrogens with one attached hydrogen (secondary N) is 1. The molecule has 144 valence electrons. The van der Waals surface area contributed by atoms with Crippen molar-refractivity contribution >= 4 is 23.2 Å². The number of benzene rings is 3. The summed E-state index contributed by atoms with van der Waals surface area (Å²) in [6.07, 6.45) is 0. The largest absolute Gasteiger partial charge is 0.319 e. The highest BCUT2D eigenvalue weighted by Crippen LogP contribution is 2.24. The van der Waals surface area contributed by atoms with Gasteiger partial charge in [-0.05, 0) is 61.4 Å². The van der Waals surface area contributed by atoms with Crippen LogP contribution in [-0.2, 0) is 0 Å². The highest BCUT2D eigenvalue weighted by atomic mass is 35.5. The minimum Gasteiger partial charge on any atom is -0.319 e. The van der Waals surface area contributed by atoms with Crippen LogP contribution in [0.4, 0.5) is 5.69 Å². The van der Waals surface area contributed by atoms with Gasteiger partial charge in [-0.15, -0.1) is 5.10 Å². The smallest absolute Gasteiger partial charge is 0.295 e. The Morgan fingerprint density at radius 3 is 2.38 bits per heavy atom. The van der Waals surface area contributed by atoms with Gasteiger partial charge in [0.2, 0.25) is 5.82 Å². The Morgan fingerprint density at radius 1 is 0.931 bits per heavy atom. The number of aromatic nitrogens is 3. The Hall–Kier alpha value is -3.44. The first-order valence-corrected chi connectivity index (χ1v) is 9.55. The molecule has 4 aromatic rings. The van der Waals surface area contributed by atoms with Crippen LogP contribution in [0.15, 0.2) is 72.8 Å². The van der Waals surface area contributed by atoms with E-state index in [1.54, 1.807) is 16.8 Å². The van der Waals surface area contributed by atoms with Gasteiger partial charge in [-0.2, -0.15) is 0 Å². The highest BCUT2D eigenvalue weighted by Gasteiger charge is 2.19. The van der Waals surface area contributed by atoms with Crippen molar-refractivity contribution in [2.45, 2.75) is 13.8 Å². The van der Waals surface area contributed by atoms with E-state index in [0.717, 1.165) is 22.4 Å². The van der Waals surface area contributed by atoms with E-state index < -0.39 is 0 Å². The topological polar surface area (TPSA) is 59.8 Å². The van der Waals surface area contributed by atoms with Crippen molar-refractivity contribution in [3.8, 4) is 17.1 Å². The zero-order valence-electron chi connectivity index (χ0n) is 16.1. The molecular weight excluding hydrogens is 384 g/mol. The van der Waals surface area contributed by atoms with Crippen molar-refractivity contribution in [1.29, 1.82) is 0 Å². The van der Waals surface area contributed by atoms with Crippen molar-refractivity contribution in [1.82, 2.24) is 14.8 Å². The van der Waals surface area contributed by atoms with Crippen LogP contribution < -0.4 is 5.32 Å². The fourth-order valence-electron chi connectivity index (χ4n) is 3.07. The van der Waals surface area contributed by atoms with Crippen LogP contribution in [-0.4, -0.2) is 20.7 Å². The number of hydrogen-bond acceptors (Lipinski definition) is 3. The first-order valence-electron chi connectivity index (χ1n) is 9.18. The summed E-state index contributed by atoms with van der Waals surface area (Å²) in [6, 6.07) is 22.8. The molecule has 1 aromatic heterocycles. The summed E-state index contributed by atoms with van der Waals surface area (Å²) in [5.74, 6) is 0.265. The van der Waals surface area contributed by atoms with Crippen molar-refractivity contribution < 1.29 is 4.79 Å². The lowest BCUT2D eigenvalue weighted by atomic mass is 10.2. The van der Waals surface area contributed by atoms with E-state index in [1.807, 2.05) is 74.5 Å². The number of halogens is 1. The predicted molar refractivity (Wildman–Crippen MR) is 116 cm³/mol. The zero-order chi connectivity index (χ0) is 20.4. The lowest BCUT2D eigenvalue weighted by molar-refractivity contribution is 0.101. The molecule has 6 heteroatoms. The number of carbonyl (C=O) groups excluding carboxylic acids is 1. The molecule has 0 saturated heterocycles. The molecule has 0 atom stereocenters. The normalized spacial score (nSPS) is 10.7. The van der Waals surface area contributed by atoms with Crippen molar-refractivity contribution in [2.75, 3.05) is 5.32 Å². The second kappa shape index (κ2) is 7.89. The van der Waals surface area contributed by atoms with Crippen LogP contribution in [0.1, 0.15) is 21.7 Å². The lowest BCUT2D eigenvalue weighted by Gasteiger charge is -2.07. The Kier molecular flexibility index (Phi) is 5.14. The maximum absolute atomic E-state index is 12.8. The standard InChI is InChI=1S/C23H19ClN4O/c1-15-6-3-10-19(12-15)25-23(29)21-26-22(17-8-5-9-18(24)14-17)28(27-21)20-11-4-7-16(2)13-20/h3-14H,1-2H3,(H,25,29). The lowest BCUT2D eigenvalue weighted by Crippen LogP contribution is -2.14. The Labute approximate surface area is 174 Å². The quantitative estimate of drug-likeness (QED) is 0.493. The van der Waals surface area contributed by atoms with Crippen molar-refractivity contribution in [2.24, 2.45) is 0 Å². The number of amides is 1. The van der Waals surface area contributed by atoms with E-state index in [1.165, 1.54) is 0 Å². The first-order chi connectivity index (χ1) is 14.0. The van der Waals surface area contributed by atoms with Crippen molar-refractivity contribution in [3.63, 3.8) is 0 Å². The Bertz CT molecular complexity index is 1140. The summed E-state index contributed by atoms with van der Waals surface area (Å²) in [5, 5.41) is 7.95. The number of nitrogens with zero attached hydrogens (tertiary/aromatic N) is 3. The third kappa shape index (κ3) is 4.20. The van der Waals surface area contributed by atoms with Gasteiger partial charge in [0.1, 0.15) is 0 Å². The molecular formula is C23H19ClN4O. The van der Waals surface area contributed by atoms with E-state index in [0.29, 0.717) is 16.5 Å². The van der Waals surface area contributed by atoms with Crippen molar-refractivity contribution in [3.05, 3.63) is 94.8 Å². The molecule has 5 nitrogen and oxygen atoms in total. The summed E-state index contributed by atoms with van der Waals surface area (Å²) in [7, 11) is 0. The summed E-state index contributed by atoms with van der Waals surface area (Å²) in [4.78, 5) is 17.3. The number of carbonyl (C=O) groups is 1. The molecule has 0 saturated carbocycles. The van der Waals surface area contributed by atoms with Gasteiger partial charge >= 0.3 is 0 Å². The minimum absolute atomic E-state index is 0.0861. The number of rotatable bonds is 4. The second-order valence-corrected chi connectivity index (χ2v) is 7.28. The summed E-state index contributed by atoms with van der Waals surface area (Å²) >= 11 is 6.17. The SMILES string of the molecule is Cc1cccc(NC(=O)c2nc(-c3cccc(Cl)c3)n(-c3cccc(C)c3)n2)c1. The fourth-order valence-corrected chi connectivity index (χ4v) is 3.26. The Morgan fingerprint density at radius 2 is 1.66 bits per heavy atom. The van der Waals surface area contributed by atoms with Gasteiger partial charge in [0, 0.05) is 16.3 Å². The number of anilines is 1. The maximum Gasteiger partial charge on any atom is 0.295 e. The fraction of sp³-hybridized carbons (Fsp3) is 0.0870. The molecule has 0 unspecified atom stereocenters. The average Bonchev–Trinajstić information content (AvgIpc) is 3.14. The van der Waals surface area contributed by atoms with Crippen LogP contribution in [0.25, 0.3) is 17.1 Å². The van der Waals surface area contributed by atoms with E-state index >= 15 is 0 Å². The molecule has 3 aromatic carbocycles. The highest BCUT2D eigenvalue weighted by molar-refractivity contribution is 6.30. The van der Waals surface area contributed by atoms with Gasteiger partial charge in [0.15, 0.2) is 5.82 Å². The van der Waals surface area contributed by atoms with Crippen LogP contribution in [0.2, 0.25) is 5.02 Å². The summed E-state index contributed by atoms with van der Waals surface area (Å²) in [5.41, 5.74) is 4.44. The maximum atomic E-state index is 12.8. The van der Waals surface area contributed by atoms with Crippen LogP contribution >= 0.6 is 11.6 Å². The Balaban J connectivity index is 1.78. The average molecular weight is 403 g/mol. The van der Waals surface area contributed by atoms with Crippen LogP contribution in [0, 0.1) is 13.8 Å². The monoisotopic (exact) mass is 402 g/mol. The first kappa shape index (κ1) is 18.9. The third-order valence-electron chi connectivity index (χ3n) is 4.42. The number of aryl methyl sites for hydroxylation is 2. The zero-order valence-corrected chi connectivity index (χ0v) is 16.8. The predicted octanol–water partition coefficient (Wildman–Crippen LogP) is 5.46. The molecule has 0 aliphatic carbocycles. The molecule has 0 aliphatic rings. The van der Waals surface area contributed by atoms with Gasteiger partial charge in [0.25, 0.3) is 5.91 Å². The van der Waals surface area contributed by atoms with Gasteiger partial charge in [-0.25, -0.2) is 9.67 Å². The molecule has 0 aliphatic heterocycles. The summed E-state index contributed by atoms with van der Waals surface area (Å²) in [6.45, 7) is 3.97. The molecule has 1 amide bonds. The molecule has 1 heterocycles. The number of hydrogen-bond donors (Lipinski definition) is 1. The molecule has 29 heavy (non-hydrogen) atoms. The van der Waals surface area contributed by atoms with Gasteiger partial charge in [-0.1, -0.05) is 48.0 Å². The third-order valence-corrected chi connectivity index (χ3v) is 4.65. The minimum atomic E-state index is -0.370. The van der Waals surface area contributed by atoms with E-state index in [9.17, 15) is 4.79 Å². The molecule has 0 bridgehead atoms. The van der Waals surface area contributed by atoms with Gasteiger partial charge in [0.05, 0.1) is 5.69 Å². The van der Waals surface area contributed by atoms with E-state index in [4.69, 9.17) is 11.6 Å². The van der Waals surface area contributed by atoms with E-state index in [2.05, 4.69) is 15.4 Å². The van der Waals surface area contributed by atoms with Gasteiger partial charge < -0.3 is 5.32 Å². The molecule has 1 N–H and O–H groups in total. The van der Waals surface area contributed by atoms with Crippen LogP contribution in [0.5, 0.6) is 0 Å². The van der Waals surface area contributed by atoms with Crippen LogP contribution in [0.3, 0.4) is 0 Å². The second-order valence-electron chi connectivity index (χ2n) is 6.84. The molecule has 4 rings (SSSR count). The molecule has 0 radical (unpaired) electrons. The van der Waals surface area contributed by atoms with E-state index in [-0.39, 0.29) is 11.7 Å². The molecule has 0 spiro atoms. The summed E-state index contributed by atoms with van der Waals surface area (Å²) < 4.78 is 1.67. The van der Waals surface area contributed by atoms with Gasteiger partial charge in [-0.3, -0.25) is 4.79 Å².